The molecule has 3 aromatic rings. The standard InChI is InChI=1S/C15H16N8O3/c1-8(18-17-7-10-5-4-6-11(25-3)13(10)24)12-9(2)23(22-19-12)15-14(16)20-26-21-15/h4-7,24H,1-3H3,(H2,16,20). The summed E-state index contributed by atoms with van der Waals surface area (Å²) in [7, 11) is 1.47. The number of ether oxygens (including phenoxy) is 1. The molecular weight excluding hydrogens is 340 g/mol. The molecule has 0 aliphatic rings. The maximum atomic E-state index is 10.0. The lowest BCUT2D eigenvalue weighted by molar-refractivity contribution is 0.306. The van der Waals surface area contributed by atoms with Crippen molar-refractivity contribution < 1.29 is 14.5 Å². The Balaban J connectivity index is 1.85. The molecule has 0 atom stereocenters. The zero-order valence-corrected chi connectivity index (χ0v) is 14.3. The fourth-order valence-electron chi connectivity index (χ4n) is 2.24. The van der Waals surface area contributed by atoms with Crippen LogP contribution in [0.5, 0.6) is 11.5 Å². The molecule has 0 aliphatic carbocycles. The van der Waals surface area contributed by atoms with Gasteiger partial charge in [0.1, 0.15) is 5.69 Å². The second-order valence-electron chi connectivity index (χ2n) is 5.24. The van der Waals surface area contributed by atoms with E-state index >= 15 is 0 Å². The molecule has 0 radical (unpaired) electrons. The summed E-state index contributed by atoms with van der Waals surface area (Å²) in [6.07, 6.45) is 1.42. The quantitative estimate of drug-likeness (QED) is 0.509. The van der Waals surface area contributed by atoms with E-state index in [9.17, 15) is 5.11 Å². The zero-order valence-electron chi connectivity index (χ0n) is 14.3. The fourth-order valence-corrected chi connectivity index (χ4v) is 2.24. The molecule has 0 spiro atoms. The Kier molecular flexibility index (Phi) is 4.60. The third-order valence-corrected chi connectivity index (χ3v) is 3.59. The summed E-state index contributed by atoms with van der Waals surface area (Å²) < 4.78 is 11.0. The molecule has 134 valence electrons. The van der Waals surface area contributed by atoms with Gasteiger partial charge in [0.2, 0.25) is 11.6 Å². The van der Waals surface area contributed by atoms with E-state index in [0.29, 0.717) is 28.4 Å². The Bertz CT molecular complexity index is 989. The minimum Gasteiger partial charge on any atom is -0.504 e. The normalized spacial score (nSPS) is 12.0. The van der Waals surface area contributed by atoms with E-state index in [4.69, 9.17) is 10.5 Å². The number of phenolic OH excluding ortho intramolecular Hbond substituents is 1. The highest BCUT2D eigenvalue weighted by Gasteiger charge is 2.17. The van der Waals surface area contributed by atoms with Crippen LogP contribution >= 0.6 is 0 Å². The maximum Gasteiger partial charge on any atom is 0.243 e. The van der Waals surface area contributed by atoms with Crippen molar-refractivity contribution in [3.8, 4) is 17.3 Å². The van der Waals surface area contributed by atoms with E-state index in [1.807, 2.05) is 0 Å². The summed E-state index contributed by atoms with van der Waals surface area (Å²) in [6.45, 7) is 3.51. The summed E-state index contributed by atoms with van der Waals surface area (Å²) >= 11 is 0. The molecule has 3 rings (SSSR count). The molecule has 0 amide bonds. The Morgan fingerprint density at radius 2 is 2.19 bits per heavy atom. The predicted octanol–water partition coefficient (Wildman–Crippen LogP) is 1.10. The molecule has 2 aromatic heterocycles. The van der Waals surface area contributed by atoms with Crippen molar-refractivity contribution >= 4 is 17.7 Å². The number of phenols is 1. The smallest absolute Gasteiger partial charge is 0.243 e. The number of methoxy groups -OCH3 is 1. The molecule has 0 unspecified atom stereocenters. The van der Waals surface area contributed by atoms with Gasteiger partial charge in [0, 0.05) is 5.56 Å². The van der Waals surface area contributed by atoms with E-state index in [2.05, 4.69) is 35.5 Å². The highest BCUT2D eigenvalue weighted by Crippen LogP contribution is 2.28. The van der Waals surface area contributed by atoms with Crippen LogP contribution in [0.2, 0.25) is 0 Å². The predicted molar refractivity (Wildman–Crippen MR) is 92.8 cm³/mol. The van der Waals surface area contributed by atoms with Crippen LogP contribution in [0.15, 0.2) is 33.0 Å². The molecular formula is C15H16N8O3. The second kappa shape index (κ2) is 7.01. The van der Waals surface area contributed by atoms with Gasteiger partial charge in [-0.25, -0.2) is 4.63 Å². The summed E-state index contributed by atoms with van der Waals surface area (Å²) in [5, 5.41) is 33.3. The molecule has 3 N–H and O–H groups in total. The first-order chi connectivity index (χ1) is 12.5. The first-order valence-electron chi connectivity index (χ1n) is 7.47. The van der Waals surface area contributed by atoms with Gasteiger partial charge in [-0.2, -0.15) is 14.9 Å². The monoisotopic (exact) mass is 356 g/mol. The Morgan fingerprint density at radius 3 is 2.88 bits per heavy atom. The molecule has 26 heavy (non-hydrogen) atoms. The number of benzene rings is 1. The Morgan fingerprint density at radius 1 is 1.38 bits per heavy atom. The molecule has 0 saturated carbocycles. The number of para-hydroxylation sites is 1. The molecule has 11 heteroatoms. The first-order valence-corrected chi connectivity index (χ1v) is 7.47. The van der Waals surface area contributed by atoms with Gasteiger partial charge in [-0.15, -0.1) is 5.10 Å². The van der Waals surface area contributed by atoms with E-state index in [-0.39, 0.29) is 17.4 Å². The van der Waals surface area contributed by atoms with Crippen molar-refractivity contribution in [1.82, 2.24) is 25.3 Å². The van der Waals surface area contributed by atoms with Gasteiger partial charge < -0.3 is 15.6 Å². The van der Waals surface area contributed by atoms with Crippen LogP contribution in [-0.2, 0) is 0 Å². The summed E-state index contributed by atoms with van der Waals surface area (Å²) in [5.41, 5.74) is 7.82. The van der Waals surface area contributed by atoms with Crippen molar-refractivity contribution in [2.45, 2.75) is 13.8 Å². The summed E-state index contributed by atoms with van der Waals surface area (Å²) in [4.78, 5) is 0. The Hall–Kier alpha value is -3.76. The molecule has 0 bridgehead atoms. The van der Waals surface area contributed by atoms with Crippen LogP contribution in [-0.4, -0.2) is 49.4 Å². The number of aromatic hydroxyl groups is 1. The molecule has 0 fully saturated rings. The van der Waals surface area contributed by atoms with Gasteiger partial charge in [0.15, 0.2) is 11.5 Å². The number of rotatable bonds is 5. The van der Waals surface area contributed by atoms with Crippen molar-refractivity contribution in [3.05, 3.63) is 35.2 Å². The van der Waals surface area contributed by atoms with E-state index in [0.717, 1.165) is 0 Å². The number of nitrogen functional groups attached to an aromatic ring is 1. The summed E-state index contributed by atoms with van der Waals surface area (Å²) in [5.74, 6) is 0.694. The lowest BCUT2D eigenvalue weighted by Crippen LogP contribution is -2.04. The van der Waals surface area contributed by atoms with Gasteiger partial charge in [0.25, 0.3) is 0 Å². The van der Waals surface area contributed by atoms with Crippen LogP contribution in [0.1, 0.15) is 23.9 Å². The zero-order chi connectivity index (χ0) is 18.7. The first kappa shape index (κ1) is 17.1. The van der Waals surface area contributed by atoms with Crippen LogP contribution < -0.4 is 10.5 Å². The number of anilines is 1. The number of hydrogen-bond donors (Lipinski definition) is 2. The maximum absolute atomic E-state index is 10.0. The minimum atomic E-state index is -0.0114. The van der Waals surface area contributed by atoms with Gasteiger partial charge in [-0.05, 0) is 36.3 Å². The highest BCUT2D eigenvalue weighted by atomic mass is 16.6. The van der Waals surface area contributed by atoms with Gasteiger partial charge in [-0.3, -0.25) is 0 Å². The second-order valence-corrected chi connectivity index (χ2v) is 5.24. The third kappa shape index (κ3) is 3.09. The largest absolute Gasteiger partial charge is 0.504 e. The lowest BCUT2D eigenvalue weighted by atomic mass is 10.2. The van der Waals surface area contributed by atoms with E-state index < -0.39 is 0 Å². The van der Waals surface area contributed by atoms with Crippen molar-refractivity contribution in [2.75, 3.05) is 12.8 Å². The van der Waals surface area contributed by atoms with E-state index in [1.165, 1.54) is 18.0 Å². The number of nitrogens with zero attached hydrogens (tertiary/aromatic N) is 7. The van der Waals surface area contributed by atoms with Crippen LogP contribution in [0.4, 0.5) is 5.82 Å². The number of nitrogens with two attached hydrogens (primary N) is 1. The van der Waals surface area contributed by atoms with Gasteiger partial charge >= 0.3 is 0 Å². The average Bonchev–Trinajstić information content (AvgIpc) is 3.21. The van der Waals surface area contributed by atoms with Crippen LogP contribution in [0, 0.1) is 6.92 Å². The third-order valence-electron chi connectivity index (χ3n) is 3.59. The molecule has 0 saturated heterocycles. The number of aromatic nitrogens is 5. The van der Waals surface area contributed by atoms with Gasteiger partial charge in [0.05, 0.1) is 24.7 Å². The Labute approximate surface area is 147 Å². The minimum absolute atomic E-state index is 0.0114. The van der Waals surface area contributed by atoms with Crippen LogP contribution in [0.25, 0.3) is 5.82 Å². The molecule has 2 heterocycles. The molecule has 0 aliphatic heterocycles. The van der Waals surface area contributed by atoms with Gasteiger partial charge in [-0.1, -0.05) is 11.3 Å². The topological polar surface area (TPSA) is 150 Å². The fraction of sp³-hybridized carbons (Fsp3) is 0.200. The van der Waals surface area contributed by atoms with Crippen molar-refractivity contribution in [3.63, 3.8) is 0 Å². The number of hydrogen-bond acceptors (Lipinski definition) is 10. The summed E-state index contributed by atoms with van der Waals surface area (Å²) in [6, 6.07) is 5.07. The lowest BCUT2D eigenvalue weighted by Gasteiger charge is -2.04. The van der Waals surface area contributed by atoms with Crippen LogP contribution in [0.3, 0.4) is 0 Å². The molecule has 1 aromatic carbocycles. The van der Waals surface area contributed by atoms with Crippen molar-refractivity contribution in [1.29, 1.82) is 0 Å². The SMILES string of the molecule is COc1cccc(C=NN=C(C)c2nnn(-c3nonc3N)c2C)c1O. The average molecular weight is 356 g/mol. The van der Waals surface area contributed by atoms with E-state index in [1.54, 1.807) is 32.0 Å². The van der Waals surface area contributed by atoms with Crippen molar-refractivity contribution in [2.24, 2.45) is 10.2 Å². The molecule has 11 nitrogen and oxygen atoms in total. The highest BCUT2D eigenvalue weighted by molar-refractivity contribution is 5.98.